The minimum absolute atomic E-state index is 0.0836. The van der Waals surface area contributed by atoms with Crippen molar-refractivity contribution in [2.75, 3.05) is 36.0 Å². The number of carbonyl (C=O) groups is 1. The molecule has 2 aliphatic rings. The van der Waals surface area contributed by atoms with Crippen LogP contribution in [-0.4, -0.2) is 32.0 Å². The number of rotatable bonds is 12. The third-order valence-electron chi connectivity index (χ3n) is 9.29. The van der Waals surface area contributed by atoms with Crippen LogP contribution < -0.4 is 15.1 Å². The van der Waals surface area contributed by atoms with E-state index in [0.29, 0.717) is 12.5 Å². The lowest BCUT2D eigenvalue weighted by atomic mass is 9.94. The zero-order chi connectivity index (χ0) is 31.1. The molecule has 43 heavy (non-hydrogen) atoms. The first-order chi connectivity index (χ1) is 20.6. The van der Waals surface area contributed by atoms with Crippen LogP contribution in [0, 0.1) is 12.8 Å². The standard InChI is InChI=1S/C39H53N3O/c1-9-42(31(7)33-15-11-12-16-33)39-25-35(34-17-19-36(20-18-34)41-21-13-10-14-22-41)24-37(29(39)5)30(6)40-26-38(32(8)43)28(4)23-27(2)3/h17-20,23-25,33,40H,6-7,9-16,21-22,26H2,1-5,8H3/b38-28-. The molecule has 2 aromatic rings. The van der Waals surface area contributed by atoms with Gasteiger partial charge in [0.15, 0.2) is 5.78 Å². The maximum Gasteiger partial charge on any atom is 0.157 e. The third-order valence-corrected chi connectivity index (χ3v) is 9.29. The number of carbonyl (C=O) groups excluding carboxylic acids is 1. The second-order valence-electron chi connectivity index (χ2n) is 12.8. The van der Waals surface area contributed by atoms with E-state index in [-0.39, 0.29) is 5.78 Å². The maximum absolute atomic E-state index is 12.6. The first kappa shape index (κ1) is 32.4. The van der Waals surface area contributed by atoms with Gasteiger partial charge in [-0.05, 0) is 126 Å². The molecule has 1 saturated heterocycles. The first-order valence-corrected chi connectivity index (χ1v) is 16.4. The zero-order valence-electron chi connectivity index (χ0n) is 27.6. The Hall–Kier alpha value is -3.53. The van der Waals surface area contributed by atoms with Crippen molar-refractivity contribution in [3.63, 3.8) is 0 Å². The molecule has 2 aromatic carbocycles. The molecule has 4 rings (SSSR count). The van der Waals surface area contributed by atoms with Crippen molar-refractivity contribution in [1.82, 2.24) is 5.32 Å². The van der Waals surface area contributed by atoms with Gasteiger partial charge >= 0.3 is 0 Å². The van der Waals surface area contributed by atoms with Crippen molar-refractivity contribution < 1.29 is 4.79 Å². The van der Waals surface area contributed by atoms with Gasteiger partial charge in [0, 0.05) is 60.1 Å². The summed E-state index contributed by atoms with van der Waals surface area (Å²) in [4.78, 5) is 17.5. The second kappa shape index (κ2) is 14.8. The van der Waals surface area contributed by atoms with Gasteiger partial charge in [0.05, 0.1) is 0 Å². The fourth-order valence-electron chi connectivity index (χ4n) is 6.84. The molecule has 1 aliphatic carbocycles. The first-order valence-electron chi connectivity index (χ1n) is 16.4. The normalized spacial score (nSPS) is 16.0. The average molecular weight is 580 g/mol. The van der Waals surface area contributed by atoms with Crippen LogP contribution in [0.2, 0.25) is 0 Å². The monoisotopic (exact) mass is 579 g/mol. The number of benzene rings is 2. The number of ketones is 1. The molecule has 4 nitrogen and oxygen atoms in total. The summed E-state index contributed by atoms with van der Waals surface area (Å²) in [6.07, 6.45) is 11.0. The van der Waals surface area contributed by atoms with Gasteiger partial charge in [-0.25, -0.2) is 0 Å². The lowest BCUT2D eigenvalue weighted by molar-refractivity contribution is -0.113. The number of anilines is 2. The topological polar surface area (TPSA) is 35.6 Å². The van der Waals surface area contributed by atoms with E-state index in [4.69, 9.17) is 0 Å². The van der Waals surface area contributed by atoms with Gasteiger partial charge in [-0.15, -0.1) is 0 Å². The number of allylic oxidation sites excluding steroid dienone is 4. The quantitative estimate of drug-likeness (QED) is 0.201. The number of hydrogen-bond acceptors (Lipinski definition) is 4. The summed E-state index contributed by atoms with van der Waals surface area (Å²) in [5.41, 5.74) is 12.1. The zero-order valence-corrected chi connectivity index (χ0v) is 27.6. The van der Waals surface area contributed by atoms with Crippen LogP contribution in [0.25, 0.3) is 16.8 Å². The molecule has 1 heterocycles. The Kier molecular flexibility index (Phi) is 11.1. The number of hydrogen-bond donors (Lipinski definition) is 1. The highest BCUT2D eigenvalue weighted by Crippen LogP contribution is 2.39. The Bertz CT molecular complexity index is 1380. The van der Waals surface area contributed by atoms with Crippen LogP contribution in [0.3, 0.4) is 0 Å². The van der Waals surface area contributed by atoms with Crippen LogP contribution in [-0.2, 0) is 4.79 Å². The highest BCUT2D eigenvalue weighted by Gasteiger charge is 2.25. The van der Waals surface area contributed by atoms with E-state index < -0.39 is 0 Å². The van der Waals surface area contributed by atoms with Crippen molar-refractivity contribution >= 4 is 22.9 Å². The van der Waals surface area contributed by atoms with Gasteiger partial charge in [-0.2, -0.15) is 0 Å². The van der Waals surface area contributed by atoms with Crippen LogP contribution in [0.5, 0.6) is 0 Å². The molecule has 1 aliphatic heterocycles. The summed E-state index contributed by atoms with van der Waals surface area (Å²) >= 11 is 0. The van der Waals surface area contributed by atoms with Gasteiger partial charge in [0.25, 0.3) is 0 Å². The predicted molar refractivity (Wildman–Crippen MR) is 187 cm³/mol. The van der Waals surface area contributed by atoms with Crippen LogP contribution in [0.1, 0.15) is 90.7 Å². The van der Waals surface area contributed by atoms with E-state index in [0.717, 1.165) is 42.0 Å². The van der Waals surface area contributed by atoms with Crippen molar-refractivity contribution in [2.45, 2.75) is 86.5 Å². The Morgan fingerprint density at radius 2 is 1.60 bits per heavy atom. The molecule has 1 saturated carbocycles. The van der Waals surface area contributed by atoms with Crippen molar-refractivity contribution in [3.05, 3.63) is 89.2 Å². The minimum Gasteiger partial charge on any atom is -0.381 e. The summed E-state index contributed by atoms with van der Waals surface area (Å²) in [7, 11) is 0. The van der Waals surface area contributed by atoms with Crippen molar-refractivity contribution in [1.29, 1.82) is 0 Å². The summed E-state index contributed by atoms with van der Waals surface area (Å²) in [5.74, 6) is 0.623. The number of nitrogens with zero attached hydrogens (tertiary/aromatic N) is 2. The third kappa shape index (κ3) is 7.90. The smallest absolute Gasteiger partial charge is 0.157 e. The Labute approximate surface area is 261 Å². The van der Waals surface area contributed by atoms with Crippen molar-refractivity contribution in [3.8, 4) is 11.1 Å². The van der Waals surface area contributed by atoms with E-state index in [2.05, 4.69) is 98.4 Å². The Morgan fingerprint density at radius 1 is 0.953 bits per heavy atom. The molecule has 0 atom stereocenters. The van der Waals surface area contributed by atoms with Gasteiger partial charge < -0.3 is 15.1 Å². The molecule has 0 aromatic heterocycles. The SMILES string of the molecule is C=C(NC/C(C(C)=O)=C(\C)C=C(C)C)c1cc(-c2ccc(N3CCCCC3)cc2)cc(N(CC)C(=C)C2CCCC2)c1C. The predicted octanol–water partition coefficient (Wildman–Crippen LogP) is 9.61. The molecule has 230 valence electrons. The number of nitrogens with one attached hydrogen (secondary N) is 1. The Balaban J connectivity index is 1.72. The lowest BCUT2D eigenvalue weighted by Gasteiger charge is -2.32. The largest absolute Gasteiger partial charge is 0.381 e. The number of Topliss-reactive ketones (excluding diaryl/α,β-unsaturated/α-hetero) is 1. The summed E-state index contributed by atoms with van der Waals surface area (Å²) < 4.78 is 0. The highest BCUT2D eigenvalue weighted by molar-refractivity contribution is 5.95. The highest BCUT2D eigenvalue weighted by atomic mass is 16.1. The molecule has 0 radical (unpaired) electrons. The summed E-state index contributed by atoms with van der Waals surface area (Å²) in [6, 6.07) is 13.7. The fourth-order valence-corrected chi connectivity index (χ4v) is 6.84. The lowest BCUT2D eigenvalue weighted by Crippen LogP contribution is -2.29. The maximum atomic E-state index is 12.6. The van der Waals surface area contributed by atoms with E-state index in [1.165, 1.54) is 84.3 Å². The second-order valence-corrected chi connectivity index (χ2v) is 12.8. The molecule has 0 bridgehead atoms. The minimum atomic E-state index is 0.0836. The number of piperidine rings is 1. The van der Waals surface area contributed by atoms with Crippen LogP contribution in [0.15, 0.2) is 78.0 Å². The van der Waals surface area contributed by atoms with Crippen LogP contribution in [0.4, 0.5) is 11.4 Å². The molecule has 2 fully saturated rings. The molecule has 4 heteroatoms. The van der Waals surface area contributed by atoms with E-state index in [1.54, 1.807) is 6.92 Å². The summed E-state index contributed by atoms with van der Waals surface area (Å²) in [5, 5.41) is 3.52. The molecule has 1 N–H and O–H groups in total. The Morgan fingerprint density at radius 3 is 2.19 bits per heavy atom. The molecule has 0 spiro atoms. The molecule has 0 unspecified atom stereocenters. The van der Waals surface area contributed by atoms with E-state index in [9.17, 15) is 4.79 Å². The van der Waals surface area contributed by atoms with Crippen molar-refractivity contribution in [2.24, 2.45) is 5.92 Å². The molecule has 0 amide bonds. The summed E-state index contributed by atoms with van der Waals surface area (Å²) in [6.45, 7) is 24.9. The molecular weight excluding hydrogens is 526 g/mol. The van der Waals surface area contributed by atoms with E-state index in [1.807, 2.05) is 6.92 Å². The average Bonchev–Trinajstić information content (AvgIpc) is 3.53. The van der Waals surface area contributed by atoms with Gasteiger partial charge in [-0.1, -0.05) is 49.8 Å². The molecular formula is C39H53N3O. The van der Waals surface area contributed by atoms with Gasteiger partial charge in [0.1, 0.15) is 0 Å². The van der Waals surface area contributed by atoms with E-state index >= 15 is 0 Å². The van der Waals surface area contributed by atoms with Crippen LogP contribution >= 0.6 is 0 Å². The van der Waals surface area contributed by atoms with Gasteiger partial charge in [0.2, 0.25) is 0 Å². The van der Waals surface area contributed by atoms with Gasteiger partial charge in [-0.3, -0.25) is 4.79 Å². The fraction of sp³-hybridized carbons (Fsp3) is 0.462.